The van der Waals surface area contributed by atoms with Crippen LogP contribution in [0, 0.1) is 0 Å². The Bertz CT molecular complexity index is 583. The molecule has 22 heavy (non-hydrogen) atoms. The van der Waals surface area contributed by atoms with Gasteiger partial charge in [0.1, 0.15) is 0 Å². The Kier molecular flexibility index (Phi) is 5.30. The van der Waals surface area contributed by atoms with Crippen LogP contribution in [0.4, 0.5) is 0 Å². The molecule has 1 heterocycles. The van der Waals surface area contributed by atoms with Crippen molar-refractivity contribution >= 4 is 11.7 Å². The lowest BCUT2D eigenvalue weighted by Crippen LogP contribution is -2.32. The Morgan fingerprint density at radius 3 is 2.45 bits per heavy atom. The second-order valence-electron chi connectivity index (χ2n) is 5.05. The van der Waals surface area contributed by atoms with Crippen molar-refractivity contribution in [2.75, 3.05) is 26.3 Å². The smallest absolute Gasteiger partial charge is 0.295 e. The number of amides is 1. The van der Waals surface area contributed by atoms with Gasteiger partial charge in [0.25, 0.3) is 11.7 Å². The number of nitrogens with zero attached hydrogens (tertiary/aromatic N) is 1. The van der Waals surface area contributed by atoms with Crippen LogP contribution < -0.4 is 5.32 Å². The van der Waals surface area contributed by atoms with Crippen molar-refractivity contribution in [3.8, 4) is 0 Å². The summed E-state index contributed by atoms with van der Waals surface area (Å²) in [5.74, 6) is -1.17. The minimum absolute atomic E-state index is 0.0664. The van der Waals surface area contributed by atoms with Crippen LogP contribution in [0.15, 0.2) is 41.6 Å². The van der Waals surface area contributed by atoms with Gasteiger partial charge in [0.15, 0.2) is 0 Å². The van der Waals surface area contributed by atoms with E-state index in [1.165, 1.54) is 4.90 Å². The number of β-amino-alcohol motifs (C(OH)–C–C–N with tert-alkyl or cyclic N) is 1. The molecule has 0 bridgehead atoms. The molecule has 6 heteroatoms. The van der Waals surface area contributed by atoms with Gasteiger partial charge in [-0.25, -0.2) is 0 Å². The summed E-state index contributed by atoms with van der Waals surface area (Å²) in [6, 6.07) is 8.72. The second-order valence-corrected chi connectivity index (χ2v) is 5.05. The number of hydrogen-bond donors (Lipinski definition) is 3. The maximum absolute atomic E-state index is 12.3. The maximum atomic E-state index is 12.3. The van der Waals surface area contributed by atoms with Crippen molar-refractivity contribution in [2.45, 2.75) is 13.0 Å². The van der Waals surface area contributed by atoms with Crippen LogP contribution in [0.5, 0.6) is 0 Å². The lowest BCUT2D eigenvalue weighted by Gasteiger charge is -2.25. The predicted octanol–water partition coefficient (Wildman–Crippen LogP) is -0.0128. The molecule has 0 spiro atoms. The van der Waals surface area contributed by atoms with E-state index in [2.05, 4.69) is 5.32 Å². The zero-order chi connectivity index (χ0) is 16.1. The molecule has 1 aromatic rings. The largest absolute Gasteiger partial charge is 0.395 e. The first-order valence-corrected chi connectivity index (χ1v) is 7.18. The number of aliphatic hydroxyl groups excluding tert-OH is 2. The van der Waals surface area contributed by atoms with Gasteiger partial charge < -0.3 is 20.4 Å². The molecule has 1 aliphatic heterocycles. The van der Waals surface area contributed by atoms with Crippen molar-refractivity contribution in [1.82, 2.24) is 10.2 Å². The van der Waals surface area contributed by atoms with E-state index in [-0.39, 0.29) is 19.8 Å². The van der Waals surface area contributed by atoms with E-state index in [0.717, 1.165) is 5.56 Å². The van der Waals surface area contributed by atoms with E-state index in [0.29, 0.717) is 17.8 Å². The number of aliphatic hydroxyl groups is 2. The van der Waals surface area contributed by atoms with E-state index in [1.54, 1.807) is 6.92 Å². The van der Waals surface area contributed by atoms with Crippen LogP contribution >= 0.6 is 0 Å². The van der Waals surface area contributed by atoms with E-state index >= 15 is 0 Å². The Morgan fingerprint density at radius 1 is 1.18 bits per heavy atom. The zero-order valence-corrected chi connectivity index (χ0v) is 12.5. The molecule has 0 saturated carbocycles. The van der Waals surface area contributed by atoms with Gasteiger partial charge in [-0.3, -0.25) is 9.59 Å². The molecule has 1 saturated heterocycles. The van der Waals surface area contributed by atoms with Crippen LogP contribution in [-0.4, -0.2) is 53.1 Å². The Labute approximate surface area is 129 Å². The maximum Gasteiger partial charge on any atom is 0.295 e. The molecule has 3 N–H and O–H groups in total. The van der Waals surface area contributed by atoms with Gasteiger partial charge in [0.05, 0.1) is 24.8 Å². The lowest BCUT2D eigenvalue weighted by atomic mass is 9.97. The standard InChI is InChI=1S/C16H20N2O4/c1-11(17-7-9-19)13-14(12-5-3-2-4-6-12)18(8-10-20)16(22)15(13)21/h2-6,14,17,19-20H,7-10H2,1H3/b13-11-. The van der Waals surface area contributed by atoms with Gasteiger partial charge in [0.2, 0.25) is 0 Å². The summed E-state index contributed by atoms with van der Waals surface area (Å²) in [6.45, 7) is 1.84. The van der Waals surface area contributed by atoms with Crippen LogP contribution in [0.2, 0.25) is 0 Å². The van der Waals surface area contributed by atoms with E-state index in [1.807, 2.05) is 30.3 Å². The van der Waals surface area contributed by atoms with E-state index in [9.17, 15) is 14.7 Å². The SMILES string of the molecule is C/C(NCCO)=C1/C(=O)C(=O)N(CCO)C1c1ccccc1. The Morgan fingerprint density at radius 2 is 1.86 bits per heavy atom. The first-order valence-electron chi connectivity index (χ1n) is 7.18. The number of nitrogens with one attached hydrogen (secondary N) is 1. The molecule has 1 unspecified atom stereocenters. The number of carbonyl (C=O) groups excluding carboxylic acids is 2. The fourth-order valence-corrected chi connectivity index (χ4v) is 2.68. The first kappa shape index (κ1) is 16.2. The van der Waals surface area contributed by atoms with Crippen LogP contribution in [0.1, 0.15) is 18.5 Å². The summed E-state index contributed by atoms with van der Waals surface area (Å²) >= 11 is 0. The molecular weight excluding hydrogens is 284 g/mol. The number of likely N-dealkylation sites (tertiary alicyclic amines) is 1. The molecule has 6 nitrogen and oxygen atoms in total. The Hall–Kier alpha value is -2.18. The van der Waals surface area contributed by atoms with Gasteiger partial charge in [0, 0.05) is 18.8 Å². The fourth-order valence-electron chi connectivity index (χ4n) is 2.68. The lowest BCUT2D eigenvalue weighted by molar-refractivity contribution is -0.140. The monoisotopic (exact) mass is 304 g/mol. The third-order valence-electron chi connectivity index (χ3n) is 3.65. The van der Waals surface area contributed by atoms with Gasteiger partial charge in [-0.15, -0.1) is 0 Å². The summed E-state index contributed by atoms with van der Waals surface area (Å²) in [6.07, 6.45) is 0. The number of ketones is 1. The minimum Gasteiger partial charge on any atom is -0.395 e. The van der Waals surface area contributed by atoms with E-state index < -0.39 is 17.7 Å². The zero-order valence-electron chi connectivity index (χ0n) is 12.5. The van der Waals surface area contributed by atoms with Crippen molar-refractivity contribution < 1.29 is 19.8 Å². The van der Waals surface area contributed by atoms with Crippen molar-refractivity contribution in [2.24, 2.45) is 0 Å². The van der Waals surface area contributed by atoms with Gasteiger partial charge >= 0.3 is 0 Å². The molecule has 0 radical (unpaired) electrons. The quantitative estimate of drug-likeness (QED) is 0.508. The van der Waals surface area contributed by atoms with Gasteiger partial charge in [-0.05, 0) is 12.5 Å². The molecule has 0 aliphatic carbocycles. The number of carbonyl (C=O) groups is 2. The highest BCUT2D eigenvalue weighted by atomic mass is 16.3. The third kappa shape index (κ3) is 3.03. The van der Waals surface area contributed by atoms with Crippen molar-refractivity contribution in [3.05, 3.63) is 47.2 Å². The predicted molar refractivity (Wildman–Crippen MR) is 80.8 cm³/mol. The highest BCUT2D eigenvalue weighted by Crippen LogP contribution is 2.36. The average Bonchev–Trinajstić information content (AvgIpc) is 2.79. The van der Waals surface area contributed by atoms with Gasteiger partial charge in [-0.2, -0.15) is 0 Å². The summed E-state index contributed by atoms with van der Waals surface area (Å²) < 4.78 is 0. The molecule has 1 amide bonds. The average molecular weight is 304 g/mol. The van der Waals surface area contributed by atoms with Crippen LogP contribution in [-0.2, 0) is 9.59 Å². The molecule has 118 valence electrons. The van der Waals surface area contributed by atoms with Crippen molar-refractivity contribution in [1.29, 1.82) is 0 Å². The number of rotatable bonds is 6. The summed E-state index contributed by atoms with van der Waals surface area (Å²) in [4.78, 5) is 26.0. The molecule has 1 atom stereocenters. The summed E-state index contributed by atoms with van der Waals surface area (Å²) in [5.41, 5.74) is 1.76. The fraction of sp³-hybridized carbons (Fsp3) is 0.375. The van der Waals surface area contributed by atoms with Crippen molar-refractivity contribution in [3.63, 3.8) is 0 Å². The molecular formula is C16H20N2O4. The molecule has 0 aromatic heterocycles. The highest BCUT2D eigenvalue weighted by molar-refractivity contribution is 6.45. The highest BCUT2D eigenvalue weighted by Gasteiger charge is 2.44. The Balaban J connectivity index is 2.48. The molecule has 1 aliphatic rings. The number of Topliss-reactive ketones (excluding diaryl/α,β-unsaturated/α-hetero) is 1. The molecule has 1 fully saturated rings. The topological polar surface area (TPSA) is 89.9 Å². The van der Waals surface area contributed by atoms with Crippen LogP contribution in [0.3, 0.4) is 0 Å². The third-order valence-corrected chi connectivity index (χ3v) is 3.65. The summed E-state index contributed by atoms with van der Waals surface area (Å²) in [7, 11) is 0. The minimum atomic E-state index is -0.608. The summed E-state index contributed by atoms with van der Waals surface area (Å²) in [5, 5.41) is 21.1. The number of benzene rings is 1. The van der Waals surface area contributed by atoms with Gasteiger partial charge in [-0.1, -0.05) is 30.3 Å². The number of hydrogen-bond acceptors (Lipinski definition) is 5. The second kappa shape index (κ2) is 7.20. The number of allylic oxidation sites excluding steroid dienone is 1. The van der Waals surface area contributed by atoms with Crippen LogP contribution in [0.25, 0.3) is 0 Å². The first-order chi connectivity index (χ1) is 10.6. The molecule has 1 aromatic carbocycles. The normalized spacial score (nSPS) is 20.5. The van der Waals surface area contributed by atoms with E-state index in [4.69, 9.17) is 5.11 Å². The molecule has 2 rings (SSSR count).